The highest BCUT2D eigenvalue weighted by atomic mass is 16.6. The third-order valence-electron chi connectivity index (χ3n) is 5.76. The van der Waals surface area contributed by atoms with Gasteiger partial charge in [0.05, 0.1) is 18.9 Å². The molecule has 3 aromatic carbocycles. The van der Waals surface area contributed by atoms with Crippen LogP contribution < -0.4 is 24.8 Å². The van der Waals surface area contributed by atoms with Crippen molar-refractivity contribution in [2.75, 3.05) is 18.5 Å². The Morgan fingerprint density at radius 2 is 1.44 bits per heavy atom. The number of alkyl carbamates (subject to hydrolysis) is 1. The van der Waals surface area contributed by atoms with Crippen LogP contribution in [0.25, 0.3) is 0 Å². The molecule has 0 aliphatic carbocycles. The Hall–Kier alpha value is -4.20. The van der Waals surface area contributed by atoms with Crippen molar-refractivity contribution in [3.8, 4) is 17.2 Å². The molecule has 0 spiro atoms. The summed E-state index contributed by atoms with van der Waals surface area (Å²) in [7, 11) is 0. The van der Waals surface area contributed by atoms with Crippen molar-refractivity contribution < 1.29 is 28.5 Å². The zero-order valence-corrected chi connectivity index (χ0v) is 24.7. The molecule has 0 aliphatic rings. The number of hydrogen-bond donors (Lipinski definition) is 2. The second-order valence-electron chi connectivity index (χ2n) is 10.7. The molecule has 0 heterocycles. The van der Waals surface area contributed by atoms with Crippen LogP contribution in [-0.2, 0) is 22.6 Å². The fourth-order valence-electron chi connectivity index (χ4n) is 3.82. The second kappa shape index (κ2) is 15.6. The maximum Gasteiger partial charge on any atom is 0.408 e. The van der Waals surface area contributed by atoms with E-state index in [1.165, 1.54) is 0 Å². The molecular formula is C33H42N2O6. The highest BCUT2D eigenvalue weighted by Crippen LogP contribution is 2.30. The monoisotopic (exact) mass is 562 g/mol. The first-order chi connectivity index (χ1) is 19.7. The van der Waals surface area contributed by atoms with Crippen molar-refractivity contribution in [2.24, 2.45) is 0 Å². The summed E-state index contributed by atoms with van der Waals surface area (Å²) in [5.74, 6) is 1.48. The van der Waals surface area contributed by atoms with Gasteiger partial charge in [0, 0.05) is 12.5 Å². The maximum absolute atomic E-state index is 13.5. The van der Waals surface area contributed by atoms with Crippen LogP contribution in [0.15, 0.2) is 72.8 Å². The molecule has 0 unspecified atom stereocenters. The first-order valence-corrected chi connectivity index (χ1v) is 14.1. The SMILES string of the molecule is CCCOc1ccc(NC(=O)[C@@H](Cc2ccc(OCc3ccccc3)cc2)NC(=O)OC(C)(C)C)c(OCCC)c1. The summed E-state index contributed by atoms with van der Waals surface area (Å²) in [6, 6.07) is 21.8. The minimum Gasteiger partial charge on any atom is -0.493 e. The molecule has 8 nitrogen and oxygen atoms in total. The van der Waals surface area contributed by atoms with E-state index in [0.717, 1.165) is 24.0 Å². The van der Waals surface area contributed by atoms with Gasteiger partial charge in [0.2, 0.25) is 5.91 Å². The van der Waals surface area contributed by atoms with Gasteiger partial charge in [-0.25, -0.2) is 4.79 Å². The van der Waals surface area contributed by atoms with Gasteiger partial charge >= 0.3 is 6.09 Å². The number of carbonyl (C=O) groups is 2. The van der Waals surface area contributed by atoms with Crippen LogP contribution in [-0.4, -0.2) is 36.9 Å². The molecule has 220 valence electrons. The van der Waals surface area contributed by atoms with Crippen LogP contribution in [0.1, 0.15) is 58.6 Å². The van der Waals surface area contributed by atoms with E-state index in [1.807, 2.05) is 68.4 Å². The second-order valence-corrected chi connectivity index (χ2v) is 10.7. The number of hydrogen-bond acceptors (Lipinski definition) is 6. The Bertz CT molecular complexity index is 1240. The summed E-state index contributed by atoms with van der Waals surface area (Å²) in [6.07, 6.45) is 1.25. The van der Waals surface area contributed by atoms with Gasteiger partial charge in [0.1, 0.15) is 35.5 Å². The number of anilines is 1. The van der Waals surface area contributed by atoms with E-state index in [0.29, 0.717) is 42.8 Å². The molecule has 0 saturated heterocycles. The minimum absolute atomic E-state index is 0.243. The average Bonchev–Trinajstić information content (AvgIpc) is 2.94. The fraction of sp³-hybridized carbons (Fsp3) is 0.394. The molecule has 0 aromatic heterocycles. The number of benzene rings is 3. The van der Waals surface area contributed by atoms with Crippen LogP contribution in [0.5, 0.6) is 17.2 Å². The van der Waals surface area contributed by atoms with Gasteiger partial charge in [-0.05, 0) is 69.0 Å². The van der Waals surface area contributed by atoms with Gasteiger partial charge in [-0.3, -0.25) is 4.79 Å². The zero-order valence-electron chi connectivity index (χ0n) is 24.7. The Morgan fingerprint density at radius 1 is 0.780 bits per heavy atom. The van der Waals surface area contributed by atoms with Crippen molar-refractivity contribution in [1.82, 2.24) is 5.32 Å². The van der Waals surface area contributed by atoms with Crippen molar-refractivity contribution in [2.45, 2.75) is 72.1 Å². The van der Waals surface area contributed by atoms with Gasteiger partial charge in [-0.1, -0.05) is 56.3 Å². The van der Waals surface area contributed by atoms with Crippen molar-refractivity contribution in [3.63, 3.8) is 0 Å². The Morgan fingerprint density at radius 3 is 2.10 bits per heavy atom. The van der Waals surface area contributed by atoms with Crippen molar-refractivity contribution in [1.29, 1.82) is 0 Å². The van der Waals surface area contributed by atoms with E-state index in [2.05, 4.69) is 10.6 Å². The molecule has 0 radical (unpaired) electrons. The predicted octanol–water partition coefficient (Wildman–Crippen LogP) is 6.92. The third kappa shape index (κ3) is 11.1. The third-order valence-corrected chi connectivity index (χ3v) is 5.76. The molecule has 0 saturated carbocycles. The van der Waals surface area contributed by atoms with E-state index in [-0.39, 0.29) is 6.42 Å². The van der Waals surface area contributed by atoms with E-state index in [9.17, 15) is 9.59 Å². The zero-order chi connectivity index (χ0) is 29.7. The average molecular weight is 563 g/mol. The van der Waals surface area contributed by atoms with E-state index < -0.39 is 23.6 Å². The standard InChI is InChI=1S/C33H42N2O6/c1-6-19-38-27-17-18-28(30(22-27)39-20-7-2)34-31(36)29(35-32(37)41-33(3,4)5)21-24-13-15-26(16-14-24)40-23-25-11-9-8-10-12-25/h8-18,22,29H,6-7,19-21,23H2,1-5H3,(H,34,36)(H,35,37)/t29-/m1/s1. The van der Waals surface area contributed by atoms with Crippen LogP contribution in [0.4, 0.5) is 10.5 Å². The van der Waals surface area contributed by atoms with E-state index >= 15 is 0 Å². The molecule has 0 bridgehead atoms. The molecule has 41 heavy (non-hydrogen) atoms. The topological polar surface area (TPSA) is 95.1 Å². The van der Waals surface area contributed by atoms with Gasteiger partial charge in [-0.2, -0.15) is 0 Å². The number of carbonyl (C=O) groups excluding carboxylic acids is 2. The molecule has 2 amide bonds. The van der Waals surface area contributed by atoms with Gasteiger partial charge in [-0.15, -0.1) is 0 Å². The molecule has 0 aliphatic heterocycles. The lowest BCUT2D eigenvalue weighted by atomic mass is 10.0. The molecule has 0 fully saturated rings. The summed E-state index contributed by atoms with van der Waals surface area (Å²) in [4.78, 5) is 26.2. The molecule has 2 N–H and O–H groups in total. The summed E-state index contributed by atoms with van der Waals surface area (Å²) in [5.41, 5.74) is 1.70. The Labute approximate surface area is 243 Å². The quantitative estimate of drug-likeness (QED) is 0.222. The molecule has 8 heteroatoms. The number of rotatable bonds is 14. The smallest absolute Gasteiger partial charge is 0.408 e. The predicted molar refractivity (Wildman–Crippen MR) is 161 cm³/mol. The lowest BCUT2D eigenvalue weighted by Gasteiger charge is -2.24. The van der Waals surface area contributed by atoms with Crippen LogP contribution >= 0.6 is 0 Å². The van der Waals surface area contributed by atoms with Crippen molar-refractivity contribution >= 4 is 17.7 Å². The first kappa shape index (κ1) is 31.3. The molecular weight excluding hydrogens is 520 g/mol. The number of ether oxygens (including phenoxy) is 4. The normalized spacial score (nSPS) is 11.7. The van der Waals surface area contributed by atoms with Gasteiger partial charge in [0.15, 0.2) is 0 Å². The largest absolute Gasteiger partial charge is 0.493 e. The molecule has 3 rings (SSSR count). The Kier molecular flexibility index (Phi) is 11.9. The minimum atomic E-state index is -0.906. The summed E-state index contributed by atoms with van der Waals surface area (Å²) in [6.45, 7) is 10.9. The van der Waals surface area contributed by atoms with E-state index in [1.54, 1.807) is 39.0 Å². The Balaban J connectivity index is 1.75. The number of amides is 2. The fourth-order valence-corrected chi connectivity index (χ4v) is 3.82. The lowest BCUT2D eigenvalue weighted by Crippen LogP contribution is -2.47. The summed E-state index contributed by atoms with van der Waals surface area (Å²) < 4.78 is 23.0. The number of nitrogens with one attached hydrogen (secondary N) is 2. The summed E-state index contributed by atoms with van der Waals surface area (Å²) >= 11 is 0. The van der Waals surface area contributed by atoms with Gasteiger partial charge in [0.25, 0.3) is 0 Å². The highest BCUT2D eigenvalue weighted by molar-refractivity contribution is 5.98. The summed E-state index contributed by atoms with van der Waals surface area (Å²) in [5, 5.41) is 5.66. The maximum atomic E-state index is 13.5. The van der Waals surface area contributed by atoms with Gasteiger partial charge < -0.3 is 29.6 Å². The highest BCUT2D eigenvalue weighted by Gasteiger charge is 2.26. The van der Waals surface area contributed by atoms with Crippen LogP contribution in [0.3, 0.4) is 0 Å². The van der Waals surface area contributed by atoms with Crippen LogP contribution in [0.2, 0.25) is 0 Å². The van der Waals surface area contributed by atoms with Crippen molar-refractivity contribution in [3.05, 3.63) is 83.9 Å². The first-order valence-electron chi connectivity index (χ1n) is 14.1. The molecule has 3 aromatic rings. The lowest BCUT2D eigenvalue weighted by molar-refractivity contribution is -0.118. The van der Waals surface area contributed by atoms with E-state index in [4.69, 9.17) is 18.9 Å². The molecule has 1 atom stereocenters. The van der Waals surface area contributed by atoms with Crippen LogP contribution in [0, 0.1) is 0 Å².